The Morgan fingerprint density at radius 2 is 2.64 bits per heavy atom. The molecule has 0 aromatic carbocycles. The van der Waals surface area contributed by atoms with Crippen LogP contribution in [0.3, 0.4) is 0 Å². The number of hydrogen-bond donors (Lipinski definition) is 0. The van der Waals surface area contributed by atoms with E-state index in [-0.39, 0.29) is 6.42 Å². The summed E-state index contributed by atoms with van der Waals surface area (Å²) < 4.78 is 9.89. The summed E-state index contributed by atoms with van der Waals surface area (Å²) in [6.07, 6.45) is 1.80. The predicted molar refractivity (Wildman–Crippen MR) is 36.5 cm³/mol. The Bertz CT molecular complexity index is 262. The Morgan fingerprint density at radius 1 is 1.82 bits per heavy atom. The smallest absolute Gasteiger partial charge is 0.220 e. The van der Waals surface area contributed by atoms with Gasteiger partial charge in [0.2, 0.25) is 5.89 Å². The fourth-order valence-corrected chi connectivity index (χ4v) is 0.698. The first-order chi connectivity index (χ1) is 5.36. The average Bonchev–Trinajstić information content (AvgIpc) is 2.38. The maximum absolute atomic E-state index is 8.29. The maximum Gasteiger partial charge on any atom is 0.220 e. The zero-order valence-electron chi connectivity index (χ0n) is 6.20. The van der Waals surface area contributed by atoms with E-state index in [4.69, 9.17) is 14.4 Å². The molecule has 0 saturated heterocycles. The Hall–Kier alpha value is -1.34. The molecule has 1 aromatic rings. The molecule has 0 spiro atoms. The summed E-state index contributed by atoms with van der Waals surface area (Å²) in [6, 6.07) is 1.96. The third-order valence-electron chi connectivity index (χ3n) is 1.12. The van der Waals surface area contributed by atoms with Crippen molar-refractivity contribution in [2.45, 2.75) is 13.0 Å². The quantitative estimate of drug-likeness (QED) is 0.645. The summed E-state index contributed by atoms with van der Waals surface area (Å²) in [7, 11) is 1.56. The molecule has 0 atom stereocenters. The van der Waals surface area contributed by atoms with Gasteiger partial charge in [-0.1, -0.05) is 0 Å². The van der Waals surface area contributed by atoms with Crippen LogP contribution in [-0.2, 0) is 17.8 Å². The van der Waals surface area contributed by atoms with Gasteiger partial charge in [0.25, 0.3) is 0 Å². The molecule has 0 aliphatic carbocycles. The summed E-state index contributed by atoms with van der Waals surface area (Å²) in [6.45, 7) is 0.353. The molecular weight excluding hydrogens is 144 g/mol. The fraction of sp³-hybridized carbons (Fsp3) is 0.429. The second kappa shape index (κ2) is 3.74. The summed E-state index contributed by atoms with van der Waals surface area (Å²) >= 11 is 0. The van der Waals surface area contributed by atoms with Gasteiger partial charge in [-0.2, -0.15) is 5.26 Å². The molecule has 0 saturated carbocycles. The Balaban J connectivity index is 2.60. The molecule has 0 N–H and O–H groups in total. The summed E-state index contributed by atoms with van der Waals surface area (Å²) in [5.41, 5.74) is 0. The first-order valence-corrected chi connectivity index (χ1v) is 3.16. The van der Waals surface area contributed by atoms with Crippen molar-refractivity contribution in [3.8, 4) is 6.07 Å². The second-order valence-corrected chi connectivity index (χ2v) is 1.99. The van der Waals surface area contributed by atoms with Crippen LogP contribution in [-0.4, -0.2) is 12.1 Å². The van der Waals surface area contributed by atoms with Gasteiger partial charge >= 0.3 is 0 Å². The van der Waals surface area contributed by atoms with Gasteiger partial charge in [0.1, 0.15) is 12.4 Å². The Morgan fingerprint density at radius 3 is 3.27 bits per heavy atom. The number of hydrogen-bond acceptors (Lipinski definition) is 4. The van der Waals surface area contributed by atoms with Gasteiger partial charge in [-0.05, 0) is 0 Å². The van der Waals surface area contributed by atoms with Gasteiger partial charge in [-0.15, -0.1) is 0 Å². The molecule has 0 amide bonds. The number of oxazole rings is 1. The largest absolute Gasteiger partial charge is 0.442 e. The number of aromatic nitrogens is 1. The Labute approximate surface area is 64.4 Å². The first-order valence-electron chi connectivity index (χ1n) is 3.16. The van der Waals surface area contributed by atoms with Crippen LogP contribution in [0.5, 0.6) is 0 Å². The van der Waals surface area contributed by atoms with Gasteiger partial charge < -0.3 is 9.15 Å². The fourth-order valence-electron chi connectivity index (χ4n) is 0.698. The van der Waals surface area contributed by atoms with Gasteiger partial charge in [0, 0.05) is 7.11 Å². The minimum absolute atomic E-state index is 0.261. The number of methoxy groups -OCH3 is 1. The van der Waals surface area contributed by atoms with Gasteiger partial charge in [-0.3, -0.25) is 0 Å². The molecule has 1 aromatic heterocycles. The SMILES string of the molecule is COCc1ncc(CC#N)o1. The van der Waals surface area contributed by atoms with E-state index in [1.807, 2.05) is 6.07 Å². The summed E-state index contributed by atoms with van der Waals surface area (Å²) in [5.74, 6) is 1.09. The van der Waals surface area contributed by atoms with Crippen LogP contribution >= 0.6 is 0 Å². The highest BCUT2D eigenvalue weighted by Crippen LogP contribution is 2.04. The zero-order valence-corrected chi connectivity index (χ0v) is 6.20. The van der Waals surface area contributed by atoms with Crippen molar-refractivity contribution in [2.24, 2.45) is 0 Å². The third kappa shape index (κ3) is 2.06. The lowest BCUT2D eigenvalue weighted by molar-refractivity contribution is 0.158. The van der Waals surface area contributed by atoms with Crippen molar-refractivity contribution in [3.05, 3.63) is 17.8 Å². The molecule has 1 heterocycles. The van der Waals surface area contributed by atoms with E-state index in [1.54, 1.807) is 7.11 Å². The van der Waals surface area contributed by atoms with Crippen molar-refractivity contribution >= 4 is 0 Å². The number of rotatable bonds is 3. The average molecular weight is 152 g/mol. The molecule has 0 radical (unpaired) electrons. The van der Waals surface area contributed by atoms with Crippen LogP contribution in [0.2, 0.25) is 0 Å². The molecule has 0 aliphatic rings. The van der Waals surface area contributed by atoms with Crippen LogP contribution in [0.1, 0.15) is 11.7 Å². The molecule has 0 aliphatic heterocycles. The molecular formula is C7H8N2O2. The standard InChI is InChI=1S/C7H8N2O2/c1-10-5-7-9-4-6(11-7)2-3-8/h4H,2,5H2,1H3. The minimum Gasteiger partial charge on any atom is -0.442 e. The van der Waals surface area contributed by atoms with Crippen molar-refractivity contribution in [2.75, 3.05) is 7.11 Å². The summed E-state index contributed by atoms with van der Waals surface area (Å²) in [4.78, 5) is 3.88. The van der Waals surface area contributed by atoms with E-state index >= 15 is 0 Å². The lowest BCUT2D eigenvalue weighted by atomic mass is 10.4. The van der Waals surface area contributed by atoms with Crippen molar-refractivity contribution in [3.63, 3.8) is 0 Å². The third-order valence-corrected chi connectivity index (χ3v) is 1.12. The highest BCUT2D eigenvalue weighted by Gasteiger charge is 2.01. The van der Waals surface area contributed by atoms with E-state index in [1.165, 1.54) is 6.20 Å². The molecule has 4 nitrogen and oxygen atoms in total. The van der Waals surface area contributed by atoms with E-state index in [2.05, 4.69) is 4.98 Å². The Kier molecular flexibility index (Phi) is 2.64. The molecule has 1 rings (SSSR count). The summed E-state index contributed by atoms with van der Waals surface area (Å²) in [5, 5.41) is 8.29. The maximum atomic E-state index is 8.29. The van der Waals surface area contributed by atoms with Gasteiger partial charge in [0.15, 0.2) is 0 Å². The second-order valence-electron chi connectivity index (χ2n) is 1.99. The topological polar surface area (TPSA) is 59.0 Å². The molecule has 0 fully saturated rings. The van der Waals surface area contributed by atoms with Crippen molar-refractivity contribution < 1.29 is 9.15 Å². The van der Waals surface area contributed by atoms with E-state index < -0.39 is 0 Å². The number of ether oxygens (including phenoxy) is 1. The lowest BCUT2D eigenvalue weighted by Crippen LogP contribution is -1.85. The van der Waals surface area contributed by atoms with Crippen LogP contribution in [0.4, 0.5) is 0 Å². The molecule has 4 heteroatoms. The van der Waals surface area contributed by atoms with Crippen molar-refractivity contribution in [1.29, 1.82) is 5.26 Å². The van der Waals surface area contributed by atoms with Crippen molar-refractivity contribution in [1.82, 2.24) is 4.98 Å². The molecule has 58 valence electrons. The normalized spacial score (nSPS) is 9.45. The first kappa shape index (κ1) is 7.76. The lowest BCUT2D eigenvalue weighted by Gasteiger charge is -1.89. The highest BCUT2D eigenvalue weighted by molar-refractivity contribution is 4.99. The van der Waals surface area contributed by atoms with E-state index in [9.17, 15) is 0 Å². The number of nitriles is 1. The minimum atomic E-state index is 0.261. The number of nitrogens with zero attached hydrogens (tertiary/aromatic N) is 2. The predicted octanol–water partition coefficient (Wildman–Crippen LogP) is 0.887. The van der Waals surface area contributed by atoms with E-state index in [0.29, 0.717) is 18.3 Å². The monoisotopic (exact) mass is 152 g/mol. The van der Waals surface area contributed by atoms with Crippen LogP contribution in [0, 0.1) is 11.3 Å². The van der Waals surface area contributed by atoms with E-state index in [0.717, 1.165) is 0 Å². The van der Waals surface area contributed by atoms with Gasteiger partial charge in [-0.25, -0.2) is 4.98 Å². The molecule has 0 bridgehead atoms. The van der Waals surface area contributed by atoms with Crippen LogP contribution < -0.4 is 0 Å². The molecule has 11 heavy (non-hydrogen) atoms. The van der Waals surface area contributed by atoms with Crippen LogP contribution in [0.25, 0.3) is 0 Å². The zero-order chi connectivity index (χ0) is 8.10. The molecule has 0 unspecified atom stereocenters. The van der Waals surface area contributed by atoms with Crippen LogP contribution in [0.15, 0.2) is 10.6 Å². The highest BCUT2D eigenvalue weighted by atomic mass is 16.5. The van der Waals surface area contributed by atoms with Gasteiger partial charge in [0.05, 0.1) is 18.7 Å².